The van der Waals surface area contributed by atoms with Crippen LogP contribution < -0.4 is 5.32 Å². The molecule has 1 fully saturated rings. The molecule has 0 aromatic carbocycles. The molecular formula is C16H28N2O6. The van der Waals surface area contributed by atoms with Crippen LogP contribution in [0.2, 0.25) is 0 Å². The molecule has 138 valence electrons. The number of amides is 2. The van der Waals surface area contributed by atoms with E-state index in [4.69, 9.17) is 14.2 Å². The number of hydrogen-bond acceptors (Lipinski definition) is 6. The molecule has 0 aromatic rings. The smallest absolute Gasteiger partial charge is 0.410 e. The Hall–Kier alpha value is -1.99. The van der Waals surface area contributed by atoms with Crippen molar-refractivity contribution in [2.45, 2.75) is 58.8 Å². The van der Waals surface area contributed by atoms with Gasteiger partial charge in [0, 0.05) is 19.0 Å². The lowest BCUT2D eigenvalue weighted by Crippen LogP contribution is -2.61. The fraction of sp³-hybridized carbons (Fsp3) is 0.812. The minimum atomic E-state index is -0.872. The SMILES string of the molecule is COC(=O)[C@H](NC(=O)OC(C)(C)C)C1CN(C(=O)OC(C)(C)C)C1. The minimum absolute atomic E-state index is 0.252. The van der Waals surface area contributed by atoms with E-state index in [0.29, 0.717) is 13.1 Å². The van der Waals surface area contributed by atoms with E-state index < -0.39 is 35.4 Å². The van der Waals surface area contributed by atoms with Crippen LogP contribution in [0.15, 0.2) is 0 Å². The van der Waals surface area contributed by atoms with Crippen LogP contribution in [0, 0.1) is 5.92 Å². The number of likely N-dealkylation sites (tertiary alicyclic amines) is 1. The fourth-order valence-corrected chi connectivity index (χ4v) is 2.13. The molecule has 24 heavy (non-hydrogen) atoms. The maximum atomic E-state index is 11.9. The quantitative estimate of drug-likeness (QED) is 0.621. The molecule has 0 radical (unpaired) electrons. The Bertz CT molecular complexity index is 486. The number of nitrogens with zero attached hydrogens (tertiary/aromatic N) is 1. The summed E-state index contributed by atoms with van der Waals surface area (Å²) in [7, 11) is 1.25. The van der Waals surface area contributed by atoms with E-state index in [1.54, 1.807) is 41.5 Å². The summed E-state index contributed by atoms with van der Waals surface area (Å²) >= 11 is 0. The van der Waals surface area contributed by atoms with Gasteiger partial charge in [-0.05, 0) is 41.5 Å². The lowest BCUT2D eigenvalue weighted by atomic mass is 9.92. The van der Waals surface area contributed by atoms with Crippen molar-refractivity contribution in [1.82, 2.24) is 10.2 Å². The Morgan fingerprint density at radius 3 is 1.92 bits per heavy atom. The van der Waals surface area contributed by atoms with Crippen molar-refractivity contribution >= 4 is 18.2 Å². The van der Waals surface area contributed by atoms with Crippen molar-refractivity contribution in [3.63, 3.8) is 0 Å². The van der Waals surface area contributed by atoms with Gasteiger partial charge in [-0.25, -0.2) is 14.4 Å². The highest BCUT2D eigenvalue weighted by Gasteiger charge is 2.42. The molecular weight excluding hydrogens is 316 g/mol. The predicted molar refractivity (Wildman–Crippen MR) is 86.5 cm³/mol. The average molecular weight is 344 g/mol. The first-order chi connectivity index (χ1) is 10.8. The summed E-state index contributed by atoms with van der Waals surface area (Å²) in [5.74, 6) is -0.827. The van der Waals surface area contributed by atoms with E-state index in [1.165, 1.54) is 12.0 Å². The van der Waals surface area contributed by atoms with Crippen LogP contribution in [0.25, 0.3) is 0 Å². The third-order valence-corrected chi connectivity index (χ3v) is 3.16. The van der Waals surface area contributed by atoms with Crippen LogP contribution in [-0.4, -0.2) is 60.5 Å². The first-order valence-corrected chi connectivity index (χ1v) is 7.87. The Kier molecular flexibility index (Phi) is 6.08. The molecule has 0 bridgehead atoms. The molecule has 8 heteroatoms. The maximum Gasteiger partial charge on any atom is 0.410 e. The standard InChI is InChI=1S/C16H28N2O6/c1-15(2,3)23-13(20)17-11(12(19)22-7)10-8-18(9-10)14(21)24-16(4,5)6/h10-11H,8-9H2,1-7H3,(H,17,20)/t11-/m1/s1. The van der Waals surface area contributed by atoms with E-state index in [1.807, 2.05) is 0 Å². The van der Waals surface area contributed by atoms with E-state index in [-0.39, 0.29) is 5.92 Å². The second kappa shape index (κ2) is 7.27. The molecule has 1 heterocycles. The Morgan fingerprint density at radius 2 is 1.50 bits per heavy atom. The van der Waals surface area contributed by atoms with Gasteiger partial charge in [-0.15, -0.1) is 0 Å². The third kappa shape index (κ3) is 6.25. The van der Waals surface area contributed by atoms with E-state index in [0.717, 1.165) is 0 Å². The zero-order valence-corrected chi connectivity index (χ0v) is 15.5. The molecule has 1 saturated heterocycles. The highest BCUT2D eigenvalue weighted by molar-refractivity contribution is 5.82. The number of methoxy groups -OCH3 is 1. The highest BCUT2D eigenvalue weighted by atomic mass is 16.6. The normalized spacial score (nSPS) is 16.7. The third-order valence-electron chi connectivity index (χ3n) is 3.16. The summed E-state index contributed by atoms with van der Waals surface area (Å²) in [6.45, 7) is 11.1. The van der Waals surface area contributed by atoms with Gasteiger partial charge in [-0.3, -0.25) is 0 Å². The molecule has 1 atom stereocenters. The largest absolute Gasteiger partial charge is 0.467 e. The van der Waals surface area contributed by atoms with Gasteiger partial charge in [-0.2, -0.15) is 0 Å². The monoisotopic (exact) mass is 344 g/mol. The molecule has 1 rings (SSSR count). The van der Waals surface area contributed by atoms with Crippen LogP contribution in [0.3, 0.4) is 0 Å². The summed E-state index contributed by atoms with van der Waals surface area (Å²) < 4.78 is 15.2. The number of alkyl carbamates (subject to hydrolysis) is 1. The lowest BCUT2D eigenvalue weighted by molar-refractivity contribution is -0.146. The molecule has 1 aliphatic heterocycles. The van der Waals surface area contributed by atoms with Gasteiger partial charge in [-0.1, -0.05) is 0 Å². The van der Waals surface area contributed by atoms with Crippen molar-refractivity contribution in [2.24, 2.45) is 5.92 Å². The number of nitrogens with one attached hydrogen (secondary N) is 1. The summed E-state index contributed by atoms with van der Waals surface area (Å²) in [5, 5.41) is 2.52. The molecule has 0 aliphatic carbocycles. The number of rotatable bonds is 3. The Labute approximate surface area is 142 Å². The minimum Gasteiger partial charge on any atom is -0.467 e. The number of carbonyl (C=O) groups excluding carboxylic acids is 3. The van der Waals surface area contributed by atoms with Gasteiger partial charge in [0.1, 0.15) is 17.2 Å². The maximum absolute atomic E-state index is 11.9. The topological polar surface area (TPSA) is 94.2 Å². The van der Waals surface area contributed by atoms with Gasteiger partial charge in [0.15, 0.2) is 0 Å². The van der Waals surface area contributed by atoms with E-state index in [2.05, 4.69) is 5.32 Å². The molecule has 0 aromatic heterocycles. The number of ether oxygens (including phenoxy) is 3. The summed E-state index contributed by atoms with van der Waals surface area (Å²) in [5.41, 5.74) is -1.26. The van der Waals surface area contributed by atoms with Crippen LogP contribution >= 0.6 is 0 Å². The molecule has 0 unspecified atom stereocenters. The zero-order valence-electron chi connectivity index (χ0n) is 15.5. The Morgan fingerprint density at radius 1 is 1.00 bits per heavy atom. The van der Waals surface area contributed by atoms with Crippen molar-refractivity contribution in [2.75, 3.05) is 20.2 Å². The molecule has 0 spiro atoms. The summed E-state index contributed by atoms with van der Waals surface area (Å²) in [4.78, 5) is 37.2. The van der Waals surface area contributed by atoms with Crippen LogP contribution in [-0.2, 0) is 19.0 Å². The number of hydrogen-bond donors (Lipinski definition) is 1. The molecule has 1 N–H and O–H groups in total. The van der Waals surface area contributed by atoms with Gasteiger partial charge in [0.2, 0.25) is 0 Å². The predicted octanol–water partition coefficient (Wildman–Crippen LogP) is 1.92. The van der Waals surface area contributed by atoms with Crippen LogP contribution in [0.1, 0.15) is 41.5 Å². The van der Waals surface area contributed by atoms with Crippen LogP contribution in [0.5, 0.6) is 0 Å². The number of esters is 1. The van der Waals surface area contributed by atoms with Crippen molar-refractivity contribution in [3.05, 3.63) is 0 Å². The fourth-order valence-electron chi connectivity index (χ4n) is 2.13. The molecule has 8 nitrogen and oxygen atoms in total. The van der Waals surface area contributed by atoms with Gasteiger partial charge in [0.05, 0.1) is 7.11 Å². The first kappa shape index (κ1) is 20.1. The van der Waals surface area contributed by atoms with Gasteiger partial charge >= 0.3 is 18.2 Å². The van der Waals surface area contributed by atoms with Crippen molar-refractivity contribution < 1.29 is 28.6 Å². The van der Waals surface area contributed by atoms with Gasteiger partial charge in [0.25, 0.3) is 0 Å². The highest BCUT2D eigenvalue weighted by Crippen LogP contribution is 2.23. The number of carbonyl (C=O) groups is 3. The first-order valence-electron chi connectivity index (χ1n) is 7.87. The zero-order chi connectivity index (χ0) is 18.7. The average Bonchev–Trinajstić information content (AvgIpc) is 2.30. The van der Waals surface area contributed by atoms with Gasteiger partial charge < -0.3 is 24.4 Å². The second-order valence-corrected chi connectivity index (χ2v) is 7.79. The lowest BCUT2D eigenvalue weighted by Gasteiger charge is -2.42. The second-order valence-electron chi connectivity index (χ2n) is 7.79. The summed E-state index contributed by atoms with van der Waals surface area (Å²) in [6, 6.07) is -0.872. The van der Waals surface area contributed by atoms with E-state index in [9.17, 15) is 14.4 Å². The van der Waals surface area contributed by atoms with Crippen molar-refractivity contribution in [3.8, 4) is 0 Å². The Balaban J connectivity index is 2.62. The van der Waals surface area contributed by atoms with Crippen LogP contribution in [0.4, 0.5) is 9.59 Å². The molecule has 2 amide bonds. The molecule has 1 aliphatic rings. The van der Waals surface area contributed by atoms with Crippen molar-refractivity contribution in [1.29, 1.82) is 0 Å². The van der Waals surface area contributed by atoms with E-state index >= 15 is 0 Å². The summed E-state index contributed by atoms with van der Waals surface area (Å²) in [6.07, 6.45) is -1.15. The molecule has 0 saturated carbocycles.